The molecule has 0 aromatic heterocycles. The van der Waals surface area contributed by atoms with Crippen molar-refractivity contribution in [1.82, 2.24) is 4.90 Å². The second kappa shape index (κ2) is 2.45. The zero-order valence-electron chi connectivity index (χ0n) is 5.86. The Morgan fingerprint density at radius 2 is 2.00 bits per heavy atom. The van der Waals surface area contributed by atoms with Gasteiger partial charge >= 0.3 is 6.98 Å². The average molecular weight is 152 g/mol. The lowest BCUT2D eigenvalue weighted by atomic mass is 9.86. The molecule has 0 aliphatic carbocycles. The van der Waals surface area contributed by atoms with Crippen LogP contribution in [0.1, 0.15) is 6.92 Å². The highest BCUT2D eigenvalue weighted by Crippen LogP contribution is 2.21. The molecule has 0 aromatic carbocycles. The van der Waals surface area contributed by atoms with Gasteiger partial charge in [-0.1, -0.05) is 6.32 Å². The van der Waals surface area contributed by atoms with Gasteiger partial charge in [-0.3, -0.25) is 0 Å². The van der Waals surface area contributed by atoms with Gasteiger partial charge < -0.3 is 17.8 Å². The standard InChI is InChI=1S/C5H10BF3N/c1-5-4-10(5)3-2-6(7,8)9/h5H,2-4H2,1H3/q-1. The fraction of sp³-hybridized carbons (Fsp3) is 1.00. The minimum absolute atomic E-state index is 0.199. The molecule has 2 atom stereocenters. The number of nitrogens with zero attached hydrogens (tertiary/aromatic N) is 1. The predicted octanol–water partition coefficient (Wildman–Crippen LogP) is 1.54. The fourth-order valence-corrected chi connectivity index (χ4v) is 0.916. The lowest BCUT2D eigenvalue weighted by molar-refractivity contribution is 0.441. The maximum atomic E-state index is 11.6. The van der Waals surface area contributed by atoms with Crippen LogP contribution in [0.5, 0.6) is 0 Å². The molecule has 1 rings (SSSR count). The largest absolute Gasteiger partial charge is 0.479 e. The van der Waals surface area contributed by atoms with Crippen molar-refractivity contribution in [3.8, 4) is 0 Å². The highest BCUT2D eigenvalue weighted by molar-refractivity contribution is 6.58. The normalized spacial score (nSPS) is 32.4. The van der Waals surface area contributed by atoms with Gasteiger partial charge in [-0.2, -0.15) is 0 Å². The van der Waals surface area contributed by atoms with Gasteiger partial charge in [0.15, 0.2) is 0 Å². The quantitative estimate of drug-likeness (QED) is 0.437. The van der Waals surface area contributed by atoms with Crippen molar-refractivity contribution in [2.45, 2.75) is 19.3 Å². The zero-order valence-corrected chi connectivity index (χ0v) is 5.86. The molecule has 0 saturated carbocycles. The summed E-state index contributed by atoms with van der Waals surface area (Å²) in [6.45, 7) is -1.58. The van der Waals surface area contributed by atoms with Crippen molar-refractivity contribution < 1.29 is 12.9 Å². The zero-order chi connectivity index (χ0) is 7.78. The smallest absolute Gasteiger partial charge is 0.449 e. The third-order valence-electron chi connectivity index (χ3n) is 1.73. The van der Waals surface area contributed by atoms with Gasteiger partial charge in [0, 0.05) is 12.6 Å². The molecule has 0 aromatic rings. The molecule has 2 unspecified atom stereocenters. The summed E-state index contributed by atoms with van der Waals surface area (Å²) in [6, 6.07) is 0.387. The summed E-state index contributed by atoms with van der Waals surface area (Å²) in [6.07, 6.45) is -0.607. The molecule has 0 bridgehead atoms. The first-order valence-electron chi connectivity index (χ1n) is 3.44. The van der Waals surface area contributed by atoms with Gasteiger partial charge in [0.25, 0.3) is 0 Å². The first kappa shape index (κ1) is 7.92. The van der Waals surface area contributed by atoms with E-state index in [-0.39, 0.29) is 6.54 Å². The van der Waals surface area contributed by atoms with Gasteiger partial charge in [0.2, 0.25) is 0 Å². The van der Waals surface area contributed by atoms with E-state index >= 15 is 0 Å². The van der Waals surface area contributed by atoms with Crippen LogP contribution in [-0.2, 0) is 0 Å². The fourth-order valence-electron chi connectivity index (χ4n) is 0.916. The number of halogens is 3. The van der Waals surface area contributed by atoms with Gasteiger partial charge in [-0.05, 0) is 13.5 Å². The third-order valence-corrected chi connectivity index (χ3v) is 1.73. The molecular formula is C5H10BF3N-. The summed E-state index contributed by atoms with van der Waals surface area (Å²) >= 11 is 0. The van der Waals surface area contributed by atoms with Gasteiger partial charge in [-0.25, -0.2) is 0 Å². The second-order valence-corrected chi connectivity index (χ2v) is 2.84. The minimum Gasteiger partial charge on any atom is -0.449 e. The van der Waals surface area contributed by atoms with Crippen molar-refractivity contribution in [2.75, 3.05) is 13.1 Å². The molecule has 60 valence electrons. The van der Waals surface area contributed by atoms with Crippen LogP contribution in [0.4, 0.5) is 12.9 Å². The molecule has 0 amide bonds. The van der Waals surface area contributed by atoms with E-state index in [1.807, 2.05) is 11.8 Å². The van der Waals surface area contributed by atoms with E-state index in [9.17, 15) is 12.9 Å². The molecule has 5 heteroatoms. The first-order valence-corrected chi connectivity index (χ1v) is 3.44. The van der Waals surface area contributed by atoms with Crippen LogP contribution in [-0.4, -0.2) is 31.0 Å². The summed E-state index contributed by atoms with van der Waals surface area (Å²) in [5.41, 5.74) is 0. The summed E-state index contributed by atoms with van der Waals surface area (Å²) in [5, 5.41) is 0. The lowest BCUT2D eigenvalue weighted by Crippen LogP contribution is -2.19. The summed E-state index contributed by atoms with van der Waals surface area (Å²) in [4.78, 5) is 1.81. The first-order chi connectivity index (χ1) is 4.49. The Hall–Kier alpha value is -0.185. The van der Waals surface area contributed by atoms with Crippen LogP contribution < -0.4 is 0 Å². The molecule has 1 aliphatic heterocycles. The Morgan fingerprint density at radius 1 is 1.50 bits per heavy atom. The minimum atomic E-state index is -4.55. The molecule has 1 nitrogen and oxygen atoms in total. The summed E-state index contributed by atoms with van der Waals surface area (Å²) in [7, 11) is 0. The van der Waals surface area contributed by atoms with Gasteiger partial charge in [0.1, 0.15) is 0 Å². The number of hydrogen-bond donors (Lipinski definition) is 0. The number of hydrogen-bond acceptors (Lipinski definition) is 1. The lowest BCUT2D eigenvalue weighted by Gasteiger charge is -2.12. The molecule has 0 radical (unpaired) electrons. The van der Waals surface area contributed by atoms with Crippen LogP contribution in [0.25, 0.3) is 0 Å². The molecule has 0 spiro atoms. The molecular weight excluding hydrogens is 142 g/mol. The second-order valence-electron chi connectivity index (χ2n) is 2.84. The van der Waals surface area contributed by atoms with Crippen LogP contribution in [0.2, 0.25) is 6.32 Å². The van der Waals surface area contributed by atoms with Crippen molar-refractivity contribution >= 4 is 6.98 Å². The Labute approximate surface area is 58.3 Å². The van der Waals surface area contributed by atoms with Crippen LogP contribution in [0, 0.1) is 0 Å². The predicted molar refractivity (Wildman–Crippen MR) is 34.9 cm³/mol. The molecule has 1 heterocycles. The molecule has 1 saturated heterocycles. The van der Waals surface area contributed by atoms with E-state index in [4.69, 9.17) is 0 Å². The van der Waals surface area contributed by atoms with Crippen molar-refractivity contribution in [1.29, 1.82) is 0 Å². The van der Waals surface area contributed by atoms with Crippen molar-refractivity contribution in [3.63, 3.8) is 0 Å². The molecule has 1 fully saturated rings. The number of rotatable bonds is 3. The molecule has 0 N–H and O–H groups in total. The van der Waals surface area contributed by atoms with Crippen molar-refractivity contribution in [3.05, 3.63) is 0 Å². The Morgan fingerprint density at radius 3 is 2.30 bits per heavy atom. The van der Waals surface area contributed by atoms with Crippen LogP contribution in [0.15, 0.2) is 0 Å². The summed E-state index contributed by atoms with van der Waals surface area (Å²) in [5.74, 6) is 0. The topological polar surface area (TPSA) is 3.01 Å². The average Bonchev–Trinajstić information content (AvgIpc) is 2.40. The molecule has 10 heavy (non-hydrogen) atoms. The van der Waals surface area contributed by atoms with E-state index in [0.717, 1.165) is 6.54 Å². The van der Waals surface area contributed by atoms with Crippen molar-refractivity contribution in [2.24, 2.45) is 0 Å². The van der Waals surface area contributed by atoms with E-state index in [1.165, 1.54) is 0 Å². The maximum absolute atomic E-state index is 11.6. The van der Waals surface area contributed by atoms with Crippen LogP contribution in [0.3, 0.4) is 0 Å². The van der Waals surface area contributed by atoms with Gasteiger partial charge in [-0.15, -0.1) is 0 Å². The maximum Gasteiger partial charge on any atom is 0.479 e. The monoisotopic (exact) mass is 152 g/mol. The summed E-state index contributed by atoms with van der Waals surface area (Å²) < 4.78 is 34.8. The SMILES string of the molecule is CC1CN1CC[B-](F)(F)F. The molecule has 1 aliphatic rings. The highest BCUT2D eigenvalue weighted by Gasteiger charge is 2.31. The van der Waals surface area contributed by atoms with Gasteiger partial charge in [0.05, 0.1) is 0 Å². The van der Waals surface area contributed by atoms with E-state index in [2.05, 4.69) is 0 Å². The van der Waals surface area contributed by atoms with E-state index < -0.39 is 13.3 Å². The van der Waals surface area contributed by atoms with Crippen LogP contribution >= 0.6 is 0 Å². The Bertz CT molecular complexity index is 125. The highest BCUT2D eigenvalue weighted by atomic mass is 19.4. The van der Waals surface area contributed by atoms with E-state index in [0.29, 0.717) is 6.04 Å². The van der Waals surface area contributed by atoms with E-state index in [1.54, 1.807) is 0 Å². The Kier molecular flexibility index (Phi) is 1.94. The Balaban J connectivity index is 2.06. The third kappa shape index (κ3) is 2.60.